The van der Waals surface area contributed by atoms with Crippen LogP contribution in [0.4, 0.5) is 5.69 Å². The lowest BCUT2D eigenvalue weighted by atomic mass is 10.2. The van der Waals surface area contributed by atoms with Gasteiger partial charge in [-0.1, -0.05) is 29.3 Å². The summed E-state index contributed by atoms with van der Waals surface area (Å²) in [5.74, 6) is -0.817. The van der Waals surface area contributed by atoms with E-state index in [1.54, 1.807) is 24.3 Å². The Kier molecular flexibility index (Phi) is 6.08. The van der Waals surface area contributed by atoms with Gasteiger partial charge in [0.2, 0.25) is 0 Å². The summed E-state index contributed by atoms with van der Waals surface area (Å²) in [5, 5.41) is 6.22. The van der Waals surface area contributed by atoms with Crippen LogP contribution in [-0.2, 0) is 4.74 Å². The number of hydrogen-bond acceptors (Lipinski definition) is 4. The highest BCUT2D eigenvalue weighted by Crippen LogP contribution is 2.25. The molecule has 136 valence electrons. The van der Waals surface area contributed by atoms with Gasteiger partial charge in [0, 0.05) is 18.2 Å². The van der Waals surface area contributed by atoms with Crippen LogP contribution in [0.5, 0.6) is 0 Å². The molecule has 26 heavy (non-hydrogen) atoms. The number of nitrogens with one attached hydrogen (secondary N) is 2. The lowest BCUT2D eigenvalue weighted by molar-refractivity contribution is 0.0853. The summed E-state index contributed by atoms with van der Waals surface area (Å²) in [6.45, 7) is 1.15. The molecule has 0 aliphatic carbocycles. The van der Waals surface area contributed by atoms with E-state index in [0.29, 0.717) is 22.3 Å². The summed E-state index contributed by atoms with van der Waals surface area (Å²) < 4.78 is 5.47. The first-order valence-corrected chi connectivity index (χ1v) is 8.92. The number of pyridine rings is 1. The van der Waals surface area contributed by atoms with E-state index >= 15 is 0 Å². The third-order valence-corrected chi connectivity index (χ3v) is 4.46. The molecule has 0 radical (unpaired) electrons. The van der Waals surface area contributed by atoms with E-state index < -0.39 is 5.91 Å². The van der Waals surface area contributed by atoms with Crippen LogP contribution in [0.15, 0.2) is 36.4 Å². The fourth-order valence-corrected chi connectivity index (χ4v) is 3.02. The smallest absolute Gasteiger partial charge is 0.274 e. The first-order chi connectivity index (χ1) is 12.5. The van der Waals surface area contributed by atoms with E-state index in [1.165, 1.54) is 12.1 Å². The zero-order valence-electron chi connectivity index (χ0n) is 13.8. The first-order valence-electron chi connectivity index (χ1n) is 8.16. The Labute approximate surface area is 160 Å². The normalized spacial score (nSPS) is 16.3. The zero-order valence-corrected chi connectivity index (χ0v) is 15.3. The second-order valence-electron chi connectivity index (χ2n) is 5.83. The number of rotatable bonds is 5. The minimum Gasteiger partial charge on any atom is -0.376 e. The lowest BCUT2D eigenvalue weighted by Gasteiger charge is -2.11. The predicted octanol–water partition coefficient (Wildman–Crippen LogP) is 3.55. The van der Waals surface area contributed by atoms with Gasteiger partial charge in [-0.05, 0) is 43.2 Å². The maximum Gasteiger partial charge on any atom is 0.274 e. The Hall–Kier alpha value is -2.15. The molecule has 8 heteroatoms. The number of carbonyl (C=O) groups excluding carboxylic acids is 2. The molecule has 1 aliphatic rings. The van der Waals surface area contributed by atoms with Crippen molar-refractivity contribution in [1.29, 1.82) is 0 Å². The average molecular weight is 394 g/mol. The highest BCUT2D eigenvalue weighted by Gasteiger charge is 2.18. The van der Waals surface area contributed by atoms with Gasteiger partial charge in [-0.3, -0.25) is 9.59 Å². The molecule has 2 N–H and O–H groups in total. The molecule has 1 atom stereocenters. The van der Waals surface area contributed by atoms with Crippen LogP contribution < -0.4 is 10.6 Å². The van der Waals surface area contributed by atoms with Crippen LogP contribution in [0.25, 0.3) is 0 Å². The summed E-state index contributed by atoms with van der Waals surface area (Å²) in [5.41, 5.74) is 0.690. The van der Waals surface area contributed by atoms with Gasteiger partial charge >= 0.3 is 0 Å². The molecule has 0 bridgehead atoms. The van der Waals surface area contributed by atoms with Crippen LogP contribution in [0, 0.1) is 0 Å². The molecule has 1 unspecified atom stereocenters. The fourth-order valence-electron chi connectivity index (χ4n) is 2.57. The van der Waals surface area contributed by atoms with Crippen molar-refractivity contribution < 1.29 is 14.3 Å². The Morgan fingerprint density at radius 2 is 1.92 bits per heavy atom. The summed E-state index contributed by atoms with van der Waals surface area (Å²) in [4.78, 5) is 28.7. The predicted molar refractivity (Wildman–Crippen MR) is 100.0 cm³/mol. The summed E-state index contributed by atoms with van der Waals surface area (Å²) in [6, 6.07) is 9.42. The van der Waals surface area contributed by atoms with Crippen molar-refractivity contribution in [3.8, 4) is 0 Å². The zero-order chi connectivity index (χ0) is 18.5. The van der Waals surface area contributed by atoms with Gasteiger partial charge in [-0.2, -0.15) is 0 Å². The quantitative estimate of drug-likeness (QED) is 0.813. The van der Waals surface area contributed by atoms with Crippen LogP contribution in [0.3, 0.4) is 0 Å². The monoisotopic (exact) mass is 393 g/mol. The summed E-state index contributed by atoms with van der Waals surface area (Å²) in [6.07, 6.45) is 1.97. The molecule has 1 aromatic carbocycles. The SMILES string of the molecule is O=C(NCC1CCCO1)c1cccc(C(=O)Nc2ccc(Cl)cc2Cl)n1. The van der Waals surface area contributed by atoms with Gasteiger partial charge < -0.3 is 15.4 Å². The van der Waals surface area contributed by atoms with E-state index in [0.717, 1.165) is 19.4 Å². The number of halogens is 2. The first kappa shape index (κ1) is 18.6. The van der Waals surface area contributed by atoms with Crippen LogP contribution in [0.2, 0.25) is 10.0 Å². The maximum atomic E-state index is 12.4. The molecule has 1 saturated heterocycles. The molecular formula is C18H17Cl2N3O3. The molecule has 6 nitrogen and oxygen atoms in total. The van der Waals surface area contributed by atoms with Crippen LogP contribution in [-0.4, -0.2) is 36.1 Å². The third kappa shape index (κ3) is 4.72. The number of hydrogen-bond donors (Lipinski definition) is 2. The highest BCUT2D eigenvalue weighted by molar-refractivity contribution is 6.36. The number of ether oxygens (including phenoxy) is 1. The number of aromatic nitrogens is 1. The van der Waals surface area contributed by atoms with E-state index in [9.17, 15) is 9.59 Å². The number of carbonyl (C=O) groups is 2. The molecule has 2 aromatic rings. The van der Waals surface area contributed by atoms with E-state index in [1.807, 2.05) is 0 Å². The number of amides is 2. The van der Waals surface area contributed by atoms with Gasteiger partial charge in [0.15, 0.2) is 0 Å². The Balaban J connectivity index is 1.65. The second kappa shape index (κ2) is 8.49. The van der Waals surface area contributed by atoms with Gasteiger partial charge in [0.05, 0.1) is 16.8 Å². The van der Waals surface area contributed by atoms with Crippen molar-refractivity contribution in [1.82, 2.24) is 10.3 Å². The Bertz CT molecular complexity index is 823. The largest absolute Gasteiger partial charge is 0.376 e. The molecule has 2 heterocycles. The van der Waals surface area contributed by atoms with E-state index in [2.05, 4.69) is 15.6 Å². The van der Waals surface area contributed by atoms with Gasteiger partial charge in [-0.25, -0.2) is 4.98 Å². The molecule has 3 rings (SSSR count). The summed E-state index contributed by atoms with van der Waals surface area (Å²) >= 11 is 11.9. The third-order valence-electron chi connectivity index (χ3n) is 3.91. The second-order valence-corrected chi connectivity index (χ2v) is 6.68. The maximum absolute atomic E-state index is 12.4. The molecular weight excluding hydrogens is 377 g/mol. The number of nitrogens with zero attached hydrogens (tertiary/aromatic N) is 1. The summed E-state index contributed by atoms with van der Waals surface area (Å²) in [7, 11) is 0. The molecule has 1 fully saturated rings. The molecule has 1 aromatic heterocycles. The van der Waals surface area contributed by atoms with Crippen LogP contribution in [0.1, 0.15) is 33.8 Å². The number of benzene rings is 1. The van der Waals surface area contributed by atoms with Gasteiger partial charge in [0.1, 0.15) is 11.4 Å². The lowest BCUT2D eigenvalue weighted by Crippen LogP contribution is -2.32. The Morgan fingerprint density at radius 3 is 2.62 bits per heavy atom. The van der Waals surface area contributed by atoms with Crippen molar-refractivity contribution in [3.63, 3.8) is 0 Å². The minimum absolute atomic E-state index is 0.0393. The van der Waals surface area contributed by atoms with Crippen LogP contribution >= 0.6 is 23.2 Å². The van der Waals surface area contributed by atoms with E-state index in [-0.39, 0.29) is 23.4 Å². The molecule has 0 saturated carbocycles. The Morgan fingerprint density at radius 1 is 1.15 bits per heavy atom. The highest BCUT2D eigenvalue weighted by atomic mass is 35.5. The minimum atomic E-state index is -0.469. The van der Waals surface area contributed by atoms with E-state index in [4.69, 9.17) is 27.9 Å². The average Bonchev–Trinajstić information content (AvgIpc) is 3.15. The fraction of sp³-hybridized carbons (Fsp3) is 0.278. The van der Waals surface area contributed by atoms with Crippen molar-refractivity contribution in [2.75, 3.05) is 18.5 Å². The van der Waals surface area contributed by atoms with Crippen molar-refractivity contribution in [2.45, 2.75) is 18.9 Å². The molecule has 2 amide bonds. The van der Waals surface area contributed by atoms with Gasteiger partial charge in [-0.15, -0.1) is 0 Å². The standard InChI is InChI=1S/C18H17Cl2N3O3/c19-11-6-7-14(13(20)9-11)23-18(25)16-5-1-4-15(22-16)17(24)21-10-12-3-2-8-26-12/h1,4-7,9,12H,2-3,8,10H2,(H,21,24)(H,23,25). The van der Waals surface area contributed by atoms with Gasteiger partial charge in [0.25, 0.3) is 11.8 Å². The van der Waals surface area contributed by atoms with Crippen molar-refractivity contribution in [3.05, 3.63) is 57.8 Å². The molecule has 1 aliphatic heterocycles. The van der Waals surface area contributed by atoms with Crippen molar-refractivity contribution >= 4 is 40.7 Å². The molecule has 0 spiro atoms. The topological polar surface area (TPSA) is 80.3 Å². The number of anilines is 1. The van der Waals surface area contributed by atoms with Crippen molar-refractivity contribution in [2.24, 2.45) is 0 Å².